The van der Waals surface area contributed by atoms with E-state index in [1.165, 1.54) is 0 Å². The molecular weight excluding hydrogens is 390 g/mol. The Labute approximate surface area is 180 Å². The molecule has 0 fully saturated rings. The number of benzene rings is 3. The van der Waals surface area contributed by atoms with Gasteiger partial charge in [0.2, 0.25) is 0 Å². The molecule has 1 aliphatic rings. The van der Waals surface area contributed by atoms with Crippen molar-refractivity contribution >= 4 is 12.1 Å². The zero-order chi connectivity index (χ0) is 21.8. The first-order valence-corrected chi connectivity index (χ1v) is 9.96. The molecule has 0 unspecified atom stereocenters. The molecule has 0 aromatic heterocycles. The van der Waals surface area contributed by atoms with Gasteiger partial charge in [-0.25, -0.2) is 9.59 Å². The van der Waals surface area contributed by atoms with Crippen molar-refractivity contribution in [3.63, 3.8) is 0 Å². The molecule has 2 N–H and O–H groups in total. The second kappa shape index (κ2) is 8.76. The second-order valence-electron chi connectivity index (χ2n) is 7.41. The van der Waals surface area contributed by atoms with E-state index in [1.54, 1.807) is 24.3 Å². The number of amides is 1. The molecule has 0 bridgehead atoms. The summed E-state index contributed by atoms with van der Waals surface area (Å²) in [7, 11) is 0. The van der Waals surface area contributed by atoms with Gasteiger partial charge < -0.3 is 15.2 Å². The third-order valence-electron chi connectivity index (χ3n) is 5.49. The van der Waals surface area contributed by atoms with Crippen LogP contribution in [-0.4, -0.2) is 29.8 Å². The zero-order valence-electron chi connectivity index (χ0n) is 16.7. The highest BCUT2D eigenvalue weighted by atomic mass is 16.5. The van der Waals surface area contributed by atoms with Gasteiger partial charge in [0.15, 0.2) is 0 Å². The van der Waals surface area contributed by atoms with Crippen molar-refractivity contribution in [3.05, 3.63) is 95.1 Å². The Balaban J connectivity index is 1.42. The van der Waals surface area contributed by atoms with Crippen molar-refractivity contribution in [1.29, 1.82) is 0 Å². The third-order valence-corrected chi connectivity index (χ3v) is 5.49. The van der Waals surface area contributed by atoms with Gasteiger partial charge in [-0.1, -0.05) is 66.6 Å². The lowest BCUT2D eigenvalue weighted by molar-refractivity contribution is -0.139. The van der Waals surface area contributed by atoms with E-state index < -0.39 is 18.1 Å². The van der Waals surface area contributed by atoms with E-state index in [9.17, 15) is 14.7 Å². The first kappa shape index (κ1) is 20.2. The van der Waals surface area contributed by atoms with Crippen LogP contribution < -0.4 is 5.32 Å². The van der Waals surface area contributed by atoms with Gasteiger partial charge in [-0.05, 0) is 39.9 Å². The molecule has 0 saturated heterocycles. The molecule has 1 amide bonds. The summed E-state index contributed by atoms with van der Waals surface area (Å²) < 4.78 is 5.45. The third kappa shape index (κ3) is 4.29. The maximum absolute atomic E-state index is 12.4. The largest absolute Gasteiger partial charge is 0.480 e. The average molecular weight is 411 g/mol. The lowest BCUT2D eigenvalue weighted by Gasteiger charge is -2.17. The molecule has 3 aromatic rings. The molecule has 5 nitrogen and oxygen atoms in total. The summed E-state index contributed by atoms with van der Waals surface area (Å²) in [5.74, 6) is 1.30. The zero-order valence-corrected chi connectivity index (χ0v) is 16.7. The summed E-state index contributed by atoms with van der Waals surface area (Å²) in [5.41, 5.74) is 5.92. The highest BCUT2D eigenvalue weighted by Crippen LogP contribution is 2.44. The Kier molecular flexibility index (Phi) is 5.72. The van der Waals surface area contributed by atoms with Gasteiger partial charge in [0.1, 0.15) is 12.6 Å². The standard InChI is InChI=1S/C26H21NO4/c1-2-17-11-13-18(14-12-17)15-24(25(28)29)27-26(30)31-16-23-21-9-5-3-7-19(21)20-8-4-6-10-22(20)23/h1,3-14,23-24H,15-16H2,(H,27,30)(H,28,29)/t24-/m0/s1. The molecule has 31 heavy (non-hydrogen) atoms. The number of ether oxygens (including phenoxy) is 1. The van der Waals surface area contributed by atoms with Gasteiger partial charge in [-0.3, -0.25) is 0 Å². The van der Waals surface area contributed by atoms with E-state index in [0.717, 1.165) is 27.8 Å². The maximum Gasteiger partial charge on any atom is 0.407 e. The molecule has 1 atom stereocenters. The number of terminal acetylenes is 1. The number of nitrogens with one attached hydrogen (secondary N) is 1. The quantitative estimate of drug-likeness (QED) is 0.596. The number of carbonyl (C=O) groups excluding carboxylic acids is 1. The minimum absolute atomic E-state index is 0.0854. The Hall–Kier alpha value is -4.04. The van der Waals surface area contributed by atoms with Crippen LogP contribution in [-0.2, 0) is 16.0 Å². The van der Waals surface area contributed by atoms with Crippen LogP contribution in [0.2, 0.25) is 0 Å². The molecule has 154 valence electrons. The molecule has 3 aromatic carbocycles. The van der Waals surface area contributed by atoms with E-state index in [0.29, 0.717) is 5.56 Å². The molecule has 0 spiro atoms. The summed E-state index contributed by atoms with van der Waals surface area (Å²) in [4.78, 5) is 24.1. The lowest BCUT2D eigenvalue weighted by Crippen LogP contribution is -2.42. The molecular formula is C26H21NO4. The number of carbonyl (C=O) groups is 2. The van der Waals surface area contributed by atoms with Gasteiger partial charge in [-0.15, -0.1) is 6.42 Å². The number of alkyl carbamates (subject to hydrolysis) is 1. The fourth-order valence-electron chi connectivity index (χ4n) is 3.96. The number of hydrogen-bond acceptors (Lipinski definition) is 3. The van der Waals surface area contributed by atoms with E-state index in [4.69, 9.17) is 11.2 Å². The molecule has 0 heterocycles. The van der Waals surface area contributed by atoms with E-state index >= 15 is 0 Å². The summed E-state index contributed by atoms with van der Waals surface area (Å²) >= 11 is 0. The normalized spacial score (nSPS) is 12.9. The summed E-state index contributed by atoms with van der Waals surface area (Å²) in [5, 5.41) is 12.0. The van der Waals surface area contributed by atoms with E-state index in [2.05, 4.69) is 23.4 Å². The number of aliphatic carboxylic acids is 1. The predicted octanol–water partition coefficient (Wildman–Crippen LogP) is 4.20. The number of hydrogen-bond donors (Lipinski definition) is 2. The van der Waals surface area contributed by atoms with Crippen LogP contribution in [0.1, 0.15) is 28.2 Å². The first-order valence-electron chi connectivity index (χ1n) is 9.96. The minimum Gasteiger partial charge on any atom is -0.480 e. The summed E-state index contributed by atoms with van der Waals surface area (Å²) in [6.45, 7) is 0.128. The first-order chi connectivity index (χ1) is 15.1. The van der Waals surface area contributed by atoms with Crippen molar-refractivity contribution < 1.29 is 19.4 Å². The monoisotopic (exact) mass is 411 g/mol. The van der Waals surface area contributed by atoms with Gasteiger partial charge in [-0.2, -0.15) is 0 Å². The van der Waals surface area contributed by atoms with Crippen molar-refractivity contribution in [1.82, 2.24) is 5.32 Å². The number of carboxylic acids is 1. The summed E-state index contributed by atoms with van der Waals surface area (Å²) in [6, 6.07) is 21.9. The van der Waals surface area contributed by atoms with Crippen LogP contribution in [0.15, 0.2) is 72.8 Å². The fourth-order valence-corrected chi connectivity index (χ4v) is 3.96. The molecule has 5 heteroatoms. The van der Waals surface area contributed by atoms with Gasteiger partial charge in [0, 0.05) is 17.9 Å². The van der Waals surface area contributed by atoms with Crippen LogP contribution in [0.25, 0.3) is 11.1 Å². The highest BCUT2D eigenvalue weighted by molar-refractivity contribution is 5.81. The fraction of sp³-hybridized carbons (Fsp3) is 0.154. The van der Waals surface area contributed by atoms with Crippen LogP contribution in [0.5, 0.6) is 0 Å². The van der Waals surface area contributed by atoms with Gasteiger partial charge in [0.05, 0.1) is 0 Å². The van der Waals surface area contributed by atoms with Crippen LogP contribution in [0, 0.1) is 12.3 Å². The SMILES string of the molecule is C#Cc1ccc(C[C@H](NC(=O)OCC2c3ccccc3-c3ccccc32)C(=O)O)cc1. The van der Waals surface area contributed by atoms with Crippen molar-refractivity contribution in [2.45, 2.75) is 18.4 Å². The number of rotatable bonds is 6. The Bertz CT molecular complexity index is 1120. The van der Waals surface area contributed by atoms with Crippen molar-refractivity contribution in [2.24, 2.45) is 0 Å². The second-order valence-corrected chi connectivity index (χ2v) is 7.41. The van der Waals surface area contributed by atoms with Crippen LogP contribution in [0.4, 0.5) is 4.79 Å². The van der Waals surface area contributed by atoms with Gasteiger partial charge in [0.25, 0.3) is 0 Å². The Morgan fingerprint density at radius 2 is 1.55 bits per heavy atom. The Morgan fingerprint density at radius 3 is 2.10 bits per heavy atom. The van der Waals surface area contributed by atoms with Crippen molar-refractivity contribution in [3.8, 4) is 23.5 Å². The number of carboxylic acid groups (broad SMARTS) is 1. The Morgan fingerprint density at radius 1 is 0.968 bits per heavy atom. The summed E-state index contributed by atoms with van der Waals surface area (Å²) in [6.07, 6.45) is 4.72. The molecule has 4 rings (SSSR count). The molecule has 0 aliphatic heterocycles. The molecule has 0 saturated carbocycles. The average Bonchev–Trinajstić information content (AvgIpc) is 3.11. The highest BCUT2D eigenvalue weighted by Gasteiger charge is 2.29. The topological polar surface area (TPSA) is 75.6 Å². The van der Waals surface area contributed by atoms with Crippen LogP contribution >= 0.6 is 0 Å². The van der Waals surface area contributed by atoms with E-state index in [1.807, 2.05) is 36.4 Å². The smallest absolute Gasteiger partial charge is 0.407 e. The van der Waals surface area contributed by atoms with Crippen molar-refractivity contribution in [2.75, 3.05) is 6.61 Å². The lowest BCUT2D eigenvalue weighted by atomic mass is 9.98. The molecule has 1 aliphatic carbocycles. The van der Waals surface area contributed by atoms with E-state index in [-0.39, 0.29) is 18.9 Å². The minimum atomic E-state index is -1.13. The predicted molar refractivity (Wildman–Crippen MR) is 118 cm³/mol. The molecule has 0 radical (unpaired) electrons. The van der Waals surface area contributed by atoms with Gasteiger partial charge >= 0.3 is 12.1 Å². The van der Waals surface area contributed by atoms with Crippen LogP contribution in [0.3, 0.4) is 0 Å². The number of fused-ring (bicyclic) bond motifs is 3. The maximum atomic E-state index is 12.4.